The third kappa shape index (κ3) is 2.50. The molecular weight excluding hydrogens is 296 g/mol. The number of nitrogens with zero attached hydrogens (tertiary/aromatic N) is 2. The van der Waals surface area contributed by atoms with Gasteiger partial charge in [0.15, 0.2) is 0 Å². The maximum absolute atomic E-state index is 12.1. The number of likely N-dealkylation sites (tertiary alicyclic amines) is 2. The van der Waals surface area contributed by atoms with Crippen molar-refractivity contribution >= 4 is 23.6 Å². The molecule has 0 bridgehead atoms. The molecule has 122 valence electrons. The molecule has 10 nitrogen and oxygen atoms in total. The normalized spacial score (nSPS) is 28.1. The Hall–Kier alpha value is -2.20. The number of hydrogen-bond acceptors (Lipinski definition) is 6. The molecule has 22 heavy (non-hydrogen) atoms. The summed E-state index contributed by atoms with van der Waals surface area (Å²) < 4.78 is 0. The molecule has 2 aliphatic rings. The van der Waals surface area contributed by atoms with Crippen molar-refractivity contribution in [2.24, 2.45) is 11.5 Å². The van der Waals surface area contributed by atoms with E-state index in [9.17, 15) is 29.4 Å². The van der Waals surface area contributed by atoms with Gasteiger partial charge in [0.2, 0.25) is 23.4 Å². The van der Waals surface area contributed by atoms with Crippen LogP contribution in [0.2, 0.25) is 0 Å². The quantitative estimate of drug-likeness (QED) is 0.406. The van der Waals surface area contributed by atoms with Gasteiger partial charge in [-0.25, -0.2) is 0 Å². The molecule has 0 aromatic carbocycles. The Morgan fingerprint density at radius 1 is 1.05 bits per heavy atom. The monoisotopic (exact) mass is 314 g/mol. The number of carbonyl (C=O) groups is 4. The highest BCUT2D eigenvalue weighted by Gasteiger charge is 2.57. The van der Waals surface area contributed by atoms with Gasteiger partial charge >= 0.3 is 0 Å². The van der Waals surface area contributed by atoms with Gasteiger partial charge in [0.05, 0.1) is 31.5 Å². The lowest BCUT2D eigenvalue weighted by atomic mass is 10.00. The van der Waals surface area contributed by atoms with Gasteiger partial charge in [-0.3, -0.25) is 19.2 Å². The number of rotatable bonds is 5. The van der Waals surface area contributed by atoms with E-state index >= 15 is 0 Å². The Kier molecular flexibility index (Phi) is 4.07. The number of hydrogen-bond donors (Lipinski definition) is 4. The van der Waals surface area contributed by atoms with E-state index in [1.807, 2.05) is 0 Å². The Balaban J connectivity index is 2.51. The van der Waals surface area contributed by atoms with Gasteiger partial charge in [0.25, 0.3) is 5.91 Å². The molecule has 0 spiro atoms. The zero-order chi connectivity index (χ0) is 16.7. The van der Waals surface area contributed by atoms with Gasteiger partial charge in [-0.05, 0) is 0 Å². The van der Waals surface area contributed by atoms with Crippen LogP contribution in [0.25, 0.3) is 0 Å². The molecule has 6 N–H and O–H groups in total. The number of aliphatic hydroxyl groups is 2. The SMILES string of the molecule is NC(=O)CC(C(N)=O)(N1CC(O)CC1=O)N1CC(O)CC1=O. The van der Waals surface area contributed by atoms with Crippen LogP contribution in [0.3, 0.4) is 0 Å². The molecule has 10 heteroatoms. The van der Waals surface area contributed by atoms with Crippen LogP contribution in [0.15, 0.2) is 0 Å². The van der Waals surface area contributed by atoms with Gasteiger partial charge in [-0.1, -0.05) is 0 Å². The van der Waals surface area contributed by atoms with Crippen molar-refractivity contribution in [3.8, 4) is 0 Å². The van der Waals surface area contributed by atoms with Crippen molar-refractivity contribution < 1.29 is 29.4 Å². The lowest BCUT2D eigenvalue weighted by Gasteiger charge is -2.44. The van der Waals surface area contributed by atoms with E-state index in [1.54, 1.807) is 0 Å². The fourth-order valence-corrected chi connectivity index (χ4v) is 3.03. The summed E-state index contributed by atoms with van der Waals surface area (Å²) >= 11 is 0. The van der Waals surface area contributed by atoms with E-state index in [0.717, 1.165) is 9.80 Å². The van der Waals surface area contributed by atoms with Crippen LogP contribution in [0.5, 0.6) is 0 Å². The third-order valence-corrected chi connectivity index (χ3v) is 3.92. The number of primary amides is 2. The number of carbonyl (C=O) groups excluding carboxylic acids is 4. The number of amides is 4. The van der Waals surface area contributed by atoms with Crippen LogP contribution in [-0.4, -0.2) is 74.6 Å². The molecule has 4 amide bonds. The van der Waals surface area contributed by atoms with Crippen LogP contribution in [0, 0.1) is 0 Å². The van der Waals surface area contributed by atoms with Crippen molar-refractivity contribution in [3.63, 3.8) is 0 Å². The number of nitrogens with two attached hydrogens (primary N) is 2. The minimum absolute atomic E-state index is 0.252. The minimum atomic E-state index is -2.10. The van der Waals surface area contributed by atoms with E-state index in [-0.39, 0.29) is 25.9 Å². The maximum Gasteiger partial charge on any atom is 0.265 e. The first kappa shape index (κ1) is 16.2. The largest absolute Gasteiger partial charge is 0.391 e. The fourth-order valence-electron chi connectivity index (χ4n) is 3.03. The lowest BCUT2D eigenvalue weighted by molar-refractivity contribution is -0.165. The van der Waals surface area contributed by atoms with Crippen molar-refractivity contribution in [1.82, 2.24) is 9.80 Å². The van der Waals surface area contributed by atoms with Gasteiger partial charge in [-0.15, -0.1) is 0 Å². The molecule has 2 unspecified atom stereocenters. The average molecular weight is 314 g/mol. The maximum atomic E-state index is 12.1. The molecule has 0 radical (unpaired) electrons. The summed E-state index contributed by atoms with van der Waals surface area (Å²) in [5.74, 6) is -3.30. The van der Waals surface area contributed by atoms with Crippen molar-refractivity contribution in [2.45, 2.75) is 37.1 Å². The summed E-state index contributed by atoms with van der Waals surface area (Å²) in [6, 6.07) is 0. The van der Waals surface area contributed by atoms with E-state index in [0.29, 0.717) is 0 Å². The predicted octanol–water partition coefficient (Wildman–Crippen LogP) is -3.77. The van der Waals surface area contributed by atoms with E-state index < -0.39 is 47.9 Å². The fraction of sp³-hybridized carbons (Fsp3) is 0.667. The average Bonchev–Trinajstić information content (AvgIpc) is 2.88. The molecule has 2 atom stereocenters. The molecule has 0 aromatic heterocycles. The smallest absolute Gasteiger partial charge is 0.265 e. The summed E-state index contributed by atoms with van der Waals surface area (Å²) in [5, 5.41) is 19.3. The van der Waals surface area contributed by atoms with Gasteiger partial charge < -0.3 is 31.5 Å². The second kappa shape index (κ2) is 5.54. The molecule has 2 saturated heterocycles. The van der Waals surface area contributed by atoms with Crippen molar-refractivity contribution in [3.05, 3.63) is 0 Å². The first-order chi connectivity index (χ1) is 10.2. The summed E-state index contributed by atoms with van der Waals surface area (Å²) in [5.41, 5.74) is 8.46. The van der Waals surface area contributed by atoms with Crippen LogP contribution in [-0.2, 0) is 19.2 Å². The van der Waals surface area contributed by atoms with Gasteiger partial charge in [0, 0.05) is 13.1 Å². The highest BCUT2D eigenvalue weighted by Crippen LogP contribution is 2.33. The zero-order valence-corrected chi connectivity index (χ0v) is 11.8. The number of aliphatic hydroxyl groups excluding tert-OH is 2. The Morgan fingerprint density at radius 2 is 1.45 bits per heavy atom. The summed E-state index contributed by atoms with van der Waals surface area (Å²) in [7, 11) is 0. The molecule has 0 saturated carbocycles. The van der Waals surface area contributed by atoms with E-state index in [2.05, 4.69) is 0 Å². The van der Waals surface area contributed by atoms with Gasteiger partial charge in [-0.2, -0.15) is 0 Å². The molecule has 2 rings (SSSR count). The first-order valence-corrected chi connectivity index (χ1v) is 6.73. The second-order valence-electron chi connectivity index (χ2n) is 5.55. The second-order valence-corrected chi connectivity index (χ2v) is 5.55. The third-order valence-electron chi connectivity index (χ3n) is 3.92. The molecule has 2 heterocycles. The molecule has 0 aliphatic carbocycles. The van der Waals surface area contributed by atoms with Gasteiger partial charge in [0.1, 0.15) is 0 Å². The van der Waals surface area contributed by atoms with Crippen molar-refractivity contribution in [1.29, 1.82) is 0 Å². The van der Waals surface area contributed by atoms with Crippen LogP contribution < -0.4 is 11.5 Å². The molecule has 2 aliphatic heterocycles. The number of β-amino-alcohol motifs (C(OH)–C–C–N with tert-alkyl or cyclic N) is 2. The molecular formula is C12H18N4O6. The Bertz CT molecular complexity index is 506. The van der Waals surface area contributed by atoms with E-state index in [4.69, 9.17) is 11.5 Å². The van der Waals surface area contributed by atoms with Crippen LogP contribution >= 0.6 is 0 Å². The van der Waals surface area contributed by atoms with Crippen molar-refractivity contribution in [2.75, 3.05) is 13.1 Å². The summed E-state index contributed by atoms with van der Waals surface area (Å²) in [6.45, 7) is -0.510. The highest BCUT2D eigenvalue weighted by atomic mass is 16.3. The standard InChI is InChI=1S/C12H18N4O6/c13-8(19)3-12(11(14)22,15-4-6(17)1-9(15)20)16-5-7(18)2-10(16)21/h6-7,17-18H,1-5H2,(H2,13,19)(H2,14,22). The van der Waals surface area contributed by atoms with E-state index in [1.165, 1.54) is 0 Å². The van der Waals surface area contributed by atoms with Crippen LogP contribution in [0.4, 0.5) is 0 Å². The lowest BCUT2D eigenvalue weighted by Crippen LogP contribution is -2.69. The summed E-state index contributed by atoms with van der Waals surface area (Å²) in [6.07, 6.45) is -3.28. The Labute approximate surface area is 125 Å². The first-order valence-electron chi connectivity index (χ1n) is 6.73. The zero-order valence-electron chi connectivity index (χ0n) is 11.8. The predicted molar refractivity (Wildman–Crippen MR) is 70.4 cm³/mol. The topological polar surface area (TPSA) is 167 Å². The highest BCUT2D eigenvalue weighted by molar-refractivity contribution is 5.98. The minimum Gasteiger partial charge on any atom is -0.391 e. The molecule has 0 aromatic rings. The Morgan fingerprint density at radius 3 is 1.68 bits per heavy atom. The molecule has 2 fully saturated rings. The summed E-state index contributed by atoms with van der Waals surface area (Å²) in [4.78, 5) is 49.5. The van der Waals surface area contributed by atoms with Crippen LogP contribution in [0.1, 0.15) is 19.3 Å².